The predicted octanol–water partition coefficient (Wildman–Crippen LogP) is 0.118. The average molecular weight is 304 g/mol. The molecule has 2 fully saturated rings. The number of nitrogens with one attached hydrogen (secondary N) is 2. The van der Waals surface area contributed by atoms with E-state index in [-0.39, 0.29) is 29.4 Å². The maximum Gasteiger partial charge on any atom is 0.315 e. The molecule has 1 aliphatic heterocycles. The van der Waals surface area contributed by atoms with Gasteiger partial charge in [-0.15, -0.1) is 0 Å². The minimum Gasteiger partial charge on any atom is -0.481 e. The van der Waals surface area contributed by atoms with E-state index in [1.165, 1.54) is 0 Å². The second kappa shape index (κ2) is 5.59. The minimum absolute atomic E-state index is 0.0132. The number of hydrogen-bond donors (Lipinski definition) is 3. The molecule has 2 aliphatic rings. The minimum atomic E-state index is -3.01. The van der Waals surface area contributed by atoms with E-state index in [0.29, 0.717) is 13.0 Å². The van der Waals surface area contributed by atoms with Gasteiger partial charge in [0.15, 0.2) is 9.84 Å². The summed E-state index contributed by atoms with van der Waals surface area (Å²) in [6.07, 6.45) is 3.09. The highest BCUT2D eigenvalue weighted by molar-refractivity contribution is 7.91. The normalized spacial score (nSPS) is 26.5. The Morgan fingerprint density at radius 1 is 1.30 bits per heavy atom. The summed E-state index contributed by atoms with van der Waals surface area (Å²) in [4.78, 5) is 22.5. The van der Waals surface area contributed by atoms with Gasteiger partial charge in [0.25, 0.3) is 0 Å². The molecule has 0 spiro atoms. The SMILES string of the molecule is O=C(O)CC1(CNC(=O)NC2CCS(=O)(=O)C2)CCC1. The molecule has 2 amide bonds. The Kier molecular flexibility index (Phi) is 4.22. The molecule has 0 aromatic rings. The van der Waals surface area contributed by atoms with Crippen molar-refractivity contribution < 1.29 is 23.1 Å². The maximum absolute atomic E-state index is 11.7. The molecular formula is C12H20N2O5S. The Morgan fingerprint density at radius 2 is 2.00 bits per heavy atom. The van der Waals surface area contributed by atoms with Crippen LogP contribution in [0, 0.1) is 5.41 Å². The monoisotopic (exact) mass is 304 g/mol. The maximum atomic E-state index is 11.7. The molecule has 1 saturated carbocycles. The van der Waals surface area contributed by atoms with Gasteiger partial charge in [0.2, 0.25) is 0 Å². The summed E-state index contributed by atoms with van der Waals surface area (Å²) in [7, 11) is -3.01. The molecule has 7 nitrogen and oxygen atoms in total. The molecule has 3 N–H and O–H groups in total. The molecule has 1 saturated heterocycles. The average Bonchev–Trinajstić information content (AvgIpc) is 2.61. The number of urea groups is 1. The lowest BCUT2D eigenvalue weighted by atomic mass is 9.66. The van der Waals surface area contributed by atoms with Crippen LogP contribution in [0.15, 0.2) is 0 Å². The van der Waals surface area contributed by atoms with Crippen molar-refractivity contribution in [1.29, 1.82) is 0 Å². The van der Waals surface area contributed by atoms with Crippen LogP contribution in [0.2, 0.25) is 0 Å². The summed E-state index contributed by atoms with van der Waals surface area (Å²) in [6, 6.07) is -0.749. The second-order valence-corrected chi connectivity index (χ2v) is 8.08. The first-order valence-corrected chi connectivity index (χ1v) is 8.59. The quantitative estimate of drug-likeness (QED) is 0.667. The van der Waals surface area contributed by atoms with Crippen LogP contribution in [0.1, 0.15) is 32.1 Å². The van der Waals surface area contributed by atoms with Crippen molar-refractivity contribution in [2.45, 2.75) is 38.1 Å². The number of hydrogen-bond acceptors (Lipinski definition) is 4. The molecule has 1 atom stereocenters. The Bertz CT molecular complexity index is 498. The van der Waals surface area contributed by atoms with Gasteiger partial charge < -0.3 is 15.7 Å². The highest BCUT2D eigenvalue weighted by Gasteiger charge is 2.39. The third-order valence-corrected chi connectivity index (χ3v) is 5.90. The Hall–Kier alpha value is -1.31. The zero-order chi connectivity index (χ0) is 14.8. The summed E-state index contributed by atoms with van der Waals surface area (Å²) in [6.45, 7) is 0.324. The number of carbonyl (C=O) groups excluding carboxylic acids is 1. The van der Waals surface area contributed by atoms with Gasteiger partial charge in [0.1, 0.15) is 0 Å². The molecule has 1 unspecified atom stereocenters. The summed E-state index contributed by atoms with van der Waals surface area (Å²) in [5.74, 6) is -0.754. The van der Waals surface area contributed by atoms with E-state index in [9.17, 15) is 18.0 Å². The van der Waals surface area contributed by atoms with Gasteiger partial charge >= 0.3 is 12.0 Å². The van der Waals surface area contributed by atoms with Crippen molar-refractivity contribution in [2.24, 2.45) is 5.41 Å². The number of rotatable bonds is 5. The van der Waals surface area contributed by atoms with Crippen LogP contribution in [0.3, 0.4) is 0 Å². The lowest BCUT2D eigenvalue weighted by Gasteiger charge is -2.40. The van der Waals surface area contributed by atoms with E-state index in [4.69, 9.17) is 5.11 Å². The fourth-order valence-electron chi connectivity index (χ4n) is 2.83. The van der Waals surface area contributed by atoms with E-state index in [1.807, 2.05) is 0 Å². The fraction of sp³-hybridized carbons (Fsp3) is 0.833. The van der Waals surface area contributed by atoms with Gasteiger partial charge in [-0.05, 0) is 24.7 Å². The number of carboxylic acid groups (broad SMARTS) is 1. The van der Waals surface area contributed by atoms with Crippen LogP contribution < -0.4 is 10.6 Å². The molecule has 8 heteroatoms. The van der Waals surface area contributed by atoms with Crippen LogP contribution in [0.4, 0.5) is 4.79 Å². The molecule has 0 aromatic carbocycles. The predicted molar refractivity (Wildman–Crippen MR) is 72.1 cm³/mol. The van der Waals surface area contributed by atoms with Crippen LogP contribution in [0.25, 0.3) is 0 Å². The summed E-state index contributed by atoms with van der Waals surface area (Å²) < 4.78 is 22.6. The number of amides is 2. The Balaban J connectivity index is 1.76. The summed E-state index contributed by atoms with van der Waals surface area (Å²) in [5.41, 5.74) is -0.328. The first kappa shape index (κ1) is 15.1. The van der Waals surface area contributed by atoms with E-state index in [2.05, 4.69) is 10.6 Å². The summed E-state index contributed by atoms with van der Waals surface area (Å²) >= 11 is 0. The number of carbonyl (C=O) groups is 2. The van der Waals surface area contributed by atoms with Crippen molar-refractivity contribution in [3.05, 3.63) is 0 Å². The van der Waals surface area contributed by atoms with E-state index in [0.717, 1.165) is 19.3 Å². The van der Waals surface area contributed by atoms with Crippen LogP contribution in [-0.2, 0) is 14.6 Å². The molecule has 114 valence electrons. The lowest BCUT2D eigenvalue weighted by molar-refractivity contribution is -0.141. The van der Waals surface area contributed by atoms with Crippen molar-refractivity contribution >= 4 is 21.8 Å². The molecule has 2 rings (SSSR count). The largest absolute Gasteiger partial charge is 0.481 e. The van der Waals surface area contributed by atoms with Gasteiger partial charge in [0.05, 0.1) is 17.9 Å². The van der Waals surface area contributed by atoms with Crippen LogP contribution in [-0.4, -0.2) is 49.6 Å². The van der Waals surface area contributed by atoms with Crippen LogP contribution in [0.5, 0.6) is 0 Å². The van der Waals surface area contributed by atoms with E-state index >= 15 is 0 Å². The Labute approximate surface area is 118 Å². The smallest absolute Gasteiger partial charge is 0.315 e. The van der Waals surface area contributed by atoms with Gasteiger partial charge in [-0.25, -0.2) is 13.2 Å². The van der Waals surface area contributed by atoms with E-state index < -0.39 is 21.8 Å². The van der Waals surface area contributed by atoms with Gasteiger partial charge in [-0.1, -0.05) is 6.42 Å². The summed E-state index contributed by atoms with van der Waals surface area (Å²) in [5, 5.41) is 14.2. The van der Waals surface area contributed by atoms with Crippen molar-refractivity contribution in [3.63, 3.8) is 0 Å². The van der Waals surface area contributed by atoms with Gasteiger partial charge in [-0.3, -0.25) is 4.79 Å². The topological polar surface area (TPSA) is 113 Å². The first-order chi connectivity index (χ1) is 9.30. The zero-order valence-corrected chi connectivity index (χ0v) is 12.0. The number of aliphatic carboxylic acids is 1. The van der Waals surface area contributed by atoms with Crippen molar-refractivity contribution in [2.75, 3.05) is 18.1 Å². The number of carboxylic acids is 1. The first-order valence-electron chi connectivity index (χ1n) is 6.77. The van der Waals surface area contributed by atoms with E-state index in [1.54, 1.807) is 0 Å². The highest BCUT2D eigenvalue weighted by Crippen LogP contribution is 2.43. The third kappa shape index (κ3) is 3.84. The third-order valence-electron chi connectivity index (χ3n) is 4.13. The van der Waals surface area contributed by atoms with Crippen LogP contribution >= 0.6 is 0 Å². The number of sulfone groups is 1. The molecule has 20 heavy (non-hydrogen) atoms. The lowest BCUT2D eigenvalue weighted by Crippen LogP contribution is -2.49. The standard InChI is InChI=1S/C12H20N2O5S/c15-10(16)6-12(3-1-4-12)8-13-11(17)14-9-2-5-20(18,19)7-9/h9H,1-8H2,(H,15,16)(H2,13,14,17). The fourth-order valence-corrected chi connectivity index (χ4v) is 4.50. The highest BCUT2D eigenvalue weighted by atomic mass is 32.2. The van der Waals surface area contributed by atoms with Crippen molar-refractivity contribution in [3.8, 4) is 0 Å². The zero-order valence-electron chi connectivity index (χ0n) is 11.2. The molecule has 0 radical (unpaired) electrons. The Morgan fingerprint density at radius 3 is 2.45 bits per heavy atom. The molecule has 0 bridgehead atoms. The molecule has 0 aromatic heterocycles. The van der Waals surface area contributed by atoms with Gasteiger partial charge in [0, 0.05) is 12.6 Å². The molecular weight excluding hydrogens is 284 g/mol. The molecule has 1 heterocycles. The van der Waals surface area contributed by atoms with Gasteiger partial charge in [-0.2, -0.15) is 0 Å². The second-order valence-electron chi connectivity index (χ2n) is 5.85. The van der Waals surface area contributed by atoms with Crippen molar-refractivity contribution in [1.82, 2.24) is 10.6 Å². The molecule has 1 aliphatic carbocycles.